The van der Waals surface area contributed by atoms with Crippen molar-refractivity contribution in [2.45, 2.75) is 65.5 Å². The van der Waals surface area contributed by atoms with E-state index in [4.69, 9.17) is 27.9 Å². The molecule has 0 aromatic heterocycles. The number of halogens is 3. The highest BCUT2D eigenvalue weighted by Crippen LogP contribution is 2.29. The fourth-order valence-corrected chi connectivity index (χ4v) is 4.31. The highest BCUT2D eigenvalue weighted by Gasteiger charge is 2.29. The molecule has 0 saturated heterocycles. The SMILES string of the molecule is CCCCNC(=O)[C@H](CC)N(Cc1ccc(Cl)c(Cl)c1)C(=O)COc1ccc(C(C)C)cc1Br. The summed E-state index contributed by atoms with van der Waals surface area (Å²) >= 11 is 15.8. The summed E-state index contributed by atoms with van der Waals surface area (Å²) < 4.78 is 6.63. The van der Waals surface area contributed by atoms with Gasteiger partial charge in [-0.2, -0.15) is 0 Å². The molecule has 1 N–H and O–H groups in total. The van der Waals surface area contributed by atoms with Crippen LogP contribution in [0.25, 0.3) is 0 Å². The van der Waals surface area contributed by atoms with Crippen LogP contribution in [0, 0.1) is 0 Å². The first-order valence-corrected chi connectivity index (χ1v) is 13.2. The topological polar surface area (TPSA) is 58.6 Å². The van der Waals surface area contributed by atoms with Crippen molar-refractivity contribution in [3.63, 3.8) is 0 Å². The predicted octanol–water partition coefficient (Wildman–Crippen LogP) is 6.98. The maximum Gasteiger partial charge on any atom is 0.261 e. The lowest BCUT2D eigenvalue weighted by molar-refractivity contribution is -0.143. The zero-order chi connectivity index (χ0) is 25.3. The lowest BCUT2D eigenvalue weighted by Crippen LogP contribution is -2.50. The van der Waals surface area contributed by atoms with E-state index in [1.165, 1.54) is 5.56 Å². The van der Waals surface area contributed by atoms with Gasteiger partial charge in [-0.15, -0.1) is 0 Å². The second-order valence-electron chi connectivity index (χ2n) is 8.47. The molecule has 2 rings (SSSR count). The highest BCUT2D eigenvalue weighted by atomic mass is 79.9. The molecule has 2 amide bonds. The number of carbonyl (C=O) groups is 2. The first-order valence-electron chi connectivity index (χ1n) is 11.6. The third-order valence-electron chi connectivity index (χ3n) is 5.53. The molecule has 0 unspecified atom stereocenters. The second-order valence-corrected chi connectivity index (χ2v) is 10.1. The van der Waals surface area contributed by atoms with Crippen molar-refractivity contribution in [2.24, 2.45) is 0 Å². The molecular weight excluding hydrogens is 539 g/mol. The van der Waals surface area contributed by atoms with Gasteiger partial charge in [0.15, 0.2) is 6.61 Å². The molecule has 186 valence electrons. The van der Waals surface area contributed by atoms with E-state index >= 15 is 0 Å². The van der Waals surface area contributed by atoms with Gasteiger partial charge < -0.3 is 15.0 Å². The summed E-state index contributed by atoms with van der Waals surface area (Å²) in [5.74, 6) is 0.494. The van der Waals surface area contributed by atoms with Gasteiger partial charge in [-0.3, -0.25) is 9.59 Å². The normalized spacial score (nSPS) is 11.9. The zero-order valence-corrected chi connectivity index (χ0v) is 23.3. The molecule has 5 nitrogen and oxygen atoms in total. The van der Waals surface area contributed by atoms with Crippen molar-refractivity contribution in [1.82, 2.24) is 10.2 Å². The maximum absolute atomic E-state index is 13.3. The number of amides is 2. The molecule has 0 bridgehead atoms. The molecule has 2 aromatic carbocycles. The Hall–Kier alpha value is -1.76. The molecule has 1 atom stereocenters. The average Bonchev–Trinajstić information content (AvgIpc) is 2.80. The van der Waals surface area contributed by atoms with Crippen LogP contribution in [0.3, 0.4) is 0 Å². The fourth-order valence-electron chi connectivity index (χ4n) is 3.48. The molecule has 0 fully saturated rings. The Morgan fingerprint density at radius 3 is 2.41 bits per heavy atom. The average molecular weight is 572 g/mol. The van der Waals surface area contributed by atoms with E-state index in [0.717, 1.165) is 22.9 Å². The first-order chi connectivity index (χ1) is 16.2. The summed E-state index contributed by atoms with van der Waals surface area (Å²) in [4.78, 5) is 27.8. The fraction of sp³-hybridized carbons (Fsp3) is 0.462. The summed E-state index contributed by atoms with van der Waals surface area (Å²) in [6, 6.07) is 10.4. The molecular formula is C26H33BrCl2N2O3. The van der Waals surface area contributed by atoms with E-state index in [-0.39, 0.29) is 25.0 Å². The Balaban J connectivity index is 2.23. The number of unbranched alkanes of at least 4 members (excludes halogenated alkanes) is 1. The Bertz CT molecular complexity index is 985. The van der Waals surface area contributed by atoms with Gasteiger partial charge in [0, 0.05) is 13.1 Å². The molecule has 0 aliphatic heterocycles. The van der Waals surface area contributed by atoms with Crippen LogP contribution in [0.4, 0.5) is 0 Å². The van der Waals surface area contributed by atoms with Gasteiger partial charge in [0.25, 0.3) is 5.91 Å². The monoisotopic (exact) mass is 570 g/mol. The van der Waals surface area contributed by atoms with Crippen LogP contribution in [0.5, 0.6) is 5.75 Å². The molecule has 0 aliphatic carbocycles. The zero-order valence-electron chi connectivity index (χ0n) is 20.2. The van der Waals surface area contributed by atoms with Crippen molar-refractivity contribution >= 4 is 50.9 Å². The largest absolute Gasteiger partial charge is 0.483 e. The van der Waals surface area contributed by atoms with Crippen LogP contribution >= 0.6 is 39.1 Å². The van der Waals surface area contributed by atoms with Crippen LogP contribution < -0.4 is 10.1 Å². The van der Waals surface area contributed by atoms with Gasteiger partial charge in [0.2, 0.25) is 5.91 Å². The van der Waals surface area contributed by atoms with Crippen LogP contribution in [-0.2, 0) is 16.1 Å². The van der Waals surface area contributed by atoms with Gasteiger partial charge >= 0.3 is 0 Å². The van der Waals surface area contributed by atoms with Crippen molar-refractivity contribution in [2.75, 3.05) is 13.2 Å². The molecule has 0 heterocycles. The van der Waals surface area contributed by atoms with E-state index in [1.54, 1.807) is 23.1 Å². The van der Waals surface area contributed by atoms with Crippen molar-refractivity contribution in [3.05, 3.63) is 62.0 Å². The van der Waals surface area contributed by atoms with E-state index in [9.17, 15) is 9.59 Å². The van der Waals surface area contributed by atoms with Crippen molar-refractivity contribution in [3.8, 4) is 5.75 Å². The van der Waals surface area contributed by atoms with E-state index in [1.807, 2.05) is 25.1 Å². The first kappa shape index (κ1) is 28.5. The second kappa shape index (κ2) is 14.0. The number of carbonyl (C=O) groups excluding carboxylic acids is 2. The predicted molar refractivity (Wildman–Crippen MR) is 143 cm³/mol. The number of nitrogens with zero attached hydrogens (tertiary/aromatic N) is 1. The summed E-state index contributed by atoms with van der Waals surface area (Å²) in [5.41, 5.74) is 1.95. The smallest absolute Gasteiger partial charge is 0.261 e. The van der Waals surface area contributed by atoms with Gasteiger partial charge in [0.05, 0.1) is 14.5 Å². The molecule has 0 saturated carbocycles. The molecule has 0 radical (unpaired) electrons. The molecule has 34 heavy (non-hydrogen) atoms. The number of ether oxygens (including phenoxy) is 1. The van der Waals surface area contributed by atoms with Crippen molar-refractivity contribution in [1.29, 1.82) is 0 Å². The number of nitrogens with one attached hydrogen (secondary N) is 1. The number of hydrogen-bond donors (Lipinski definition) is 1. The Morgan fingerprint density at radius 2 is 1.82 bits per heavy atom. The van der Waals surface area contributed by atoms with Crippen LogP contribution in [0.1, 0.15) is 64.0 Å². The molecule has 0 aliphatic rings. The standard InChI is InChI=1S/C26H33BrCl2N2O3/c1-5-7-12-30-26(33)23(6-2)31(15-18-8-10-21(28)22(29)13-18)25(32)16-34-24-11-9-19(17(3)4)14-20(24)27/h8-11,13-14,17,23H,5-7,12,15-16H2,1-4H3,(H,30,33)/t23-/m0/s1. The number of rotatable bonds is 12. The van der Waals surface area contributed by atoms with Crippen LogP contribution in [0.2, 0.25) is 10.0 Å². The maximum atomic E-state index is 13.3. The van der Waals surface area contributed by atoms with Gasteiger partial charge in [-0.05, 0) is 70.1 Å². The van der Waals surface area contributed by atoms with Gasteiger partial charge in [0.1, 0.15) is 11.8 Å². The summed E-state index contributed by atoms with van der Waals surface area (Å²) in [7, 11) is 0. The van der Waals surface area contributed by atoms with E-state index in [0.29, 0.717) is 34.7 Å². The van der Waals surface area contributed by atoms with Gasteiger partial charge in [-0.25, -0.2) is 0 Å². The Labute approximate surface area is 221 Å². The highest BCUT2D eigenvalue weighted by molar-refractivity contribution is 9.10. The summed E-state index contributed by atoms with van der Waals surface area (Å²) in [6.07, 6.45) is 2.32. The minimum Gasteiger partial charge on any atom is -0.483 e. The Morgan fingerprint density at radius 1 is 1.09 bits per heavy atom. The lowest BCUT2D eigenvalue weighted by Gasteiger charge is -2.30. The summed E-state index contributed by atoms with van der Waals surface area (Å²) in [6.45, 7) is 8.78. The van der Waals surface area contributed by atoms with Crippen LogP contribution in [-0.4, -0.2) is 35.9 Å². The molecule has 0 spiro atoms. The van der Waals surface area contributed by atoms with Crippen molar-refractivity contribution < 1.29 is 14.3 Å². The van der Waals surface area contributed by atoms with Crippen LogP contribution in [0.15, 0.2) is 40.9 Å². The quantitative estimate of drug-likeness (QED) is 0.279. The third kappa shape index (κ3) is 8.17. The molecule has 8 heteroatoms. The van der Waals surface area contributed by atoms with E-state index < -0.39 is 6.04 Å². The lowest BCUT2D eigenvalue weighted by atomic mass is 10.0. The minimum absolute atomic E-state index is 0.174. The van der Waals surface area contributed by atoms with E-state index in [2.05, 4.69) is 42.0 Å². The van der Waals surface area contributed by atoms with Gasteiger partial charge in [-0.1, -0.05) is 69.5 Å². The molecule has 2 aromatic rings. The minimum atomic E-state index is -0.630. The Kier molecular flexibility index (Phi) is 11.7. The number of benzene rings is 2. The number of hydrogen-bond acceptors (Lipinski definition) is 3. The summed E-state index contributed by atoms with van der Waals surface area (Å²) in [5, 5.41) is 3.78. The third-order valence-corrected chi connectivity index (χ3v) is 6.88.